The first-order valence-electron chi connectivity index (χ1n) is 9.78. The lowest BCUT2D eigenvalue weighted by Crippen LogP contribution is -2.46. The number of hydrogen-bond donors (Lipinski definition) is 1. The maximum Gasteiger partial charge on any atom is 0.303 e. The van der Waals surface area contributed by atoms with E-state index in [1.807, 2.05) is 24.4 Å². The fourth-order valence-electron chi connectivity index (χ4n) is 4.00. The smallest absolute Gasteiger partial charge is 0.303 e. The summed E-state index contributed by atoms with van der Waals surface area (Å²) in [4.78, 5) is 19.9. The van der Waals surface area contributed by atoms with Crippen molar-refractivity contribution in [1.29, 1.82) is 0 Å². The largest absolute Gasteiger partial charge is 0.484 e. The number of nitrogens with one attached hydrogen (secondary N) is 1. The molecule has 0 unspecified atom stereocenters. The van der Waals surface area contributed by atoms with Gasteiger partial charge in [0.1, 0.15) is 23.8 Å². The van der Waals surface area contributed by atoms with Crippen molar-refractivity contribution >= 4 is 50.6 Å². The SMILES string of the molecule is CC(=O)O[C@H]1CO[C@@H]2[C@@H](Oc3ccc(Nc4ncnc5ccsc45)cc3Cl)CO[C@]12C. The summed E-state index contributed by atoms with van der Waals surface area (Å²) in [6.07, 6.45) is 0.332. The Labute approximate surface area is 187 Å². The van der Waals surface area contributed by atoms with Gasteiger partial charge in [-0.1, -0.05) is 11.6 Å². The summed E-state index contributed by atoms with van der Waals surface area (Å²) in [6, 6.07) is 7.40. The maximum atomic E-state index is 11.4. The monoisotopic (exact) mass is 461 g/mol. The van der Waals surface area contributed by atoms with Crippen molar-refractivity contribution in [2.75, 3.05) is 18.5 Å². The molecule has 31 heavy (non-hydrogen) atoms. The maximum absolute atomic E-state index is 11.4. The van der Waals surface area contributed by atoms with Crippen LogP contribution in [0.3, 0.4) is 0 Å². The number of aromatic nitrogens is 2. The van der Waals surface area contributed by atoms with Gasteiger partial charge in [-0.05, 0) is 36.6 Å². The third kappa shape index (κ3) is 3.71. The van der Waals surface area contributed by atoms with Crippen LogP contribution in [-0.4, -0.2) is 53.1 Å². The fourth-order valence-corrected chi connectivity index (χ4v) is 5.02. The molecule has 4 atom stereocenters. The van der Waals surface area contributed by atoms with Crippen molar-refractivity contribution in [3.05, 3.63) is 41.0 Å². The minimum absolute atomic E-state index is 0.271. The summed E-state index contributed by atoms with van der Waals surface area (Å²) in [5.41, 5.74) is 0.926. The van der Waals surface area contributed by atoms with Crippen molar-refractivity contribution in [3.63, 3.8) is 0 Å². The van der Waals surface area contributed by atoms with Gasteiger partial charge in [-0.3, -0.25) is 4.79 Å². The number of anilines is 2. The molecule has 0 spiro atoms. The van der Waals surface area contributed by atoms with Crippen LogP contribution in [0.25, 0.3) is 10.2 Å². The molecule has 0 aliphatic carbocycles. The quantitative estimate of drug-likeness (QED) is 0.571. The molecule has 2 aliphatic rings. The van der Waals surface area contributed by atoms with E-state index in [0.29, 0.717) is 17.4 Å². The normalized spacial score (nSPS) is 27.3. The van der Waals surface area contributed by atoms with Gasteiger partial charge in [0.2, 0.25) is 0 Å². The van der Waals surface area contributed by atoms with Crippen LogP contribution in [0.4, 0.5) is 11.5 Å². The number of carbonyl (C=O) groups excluding carboxylic acids is 1. The van der Waals surface area contributed by atoms with E-state index in [1.165, 1.54) is 13.3 Å². The Hall–Kier alpha value is -2.46. The molecule has 10 heteroatoms. The lowest BCUT2D eigenvalue weighted by Gasteiger charge is -2.28. The number of ether oxygens (including phenoxy) is 4. The van der Waals surface area contributed by atoms with Crippen LogP contribution in [0.1, 0.15) is 13.8 Å². The van der Waals surface area contributed by atoms with Crippen LogP contribution in [0, 0.1) is 0 Å². The summed E-state index contributed by atoms with van der Waals surface area (Å²) < 4.78 is 24.3. The van der Waals surface area contributed by atoms with E-state index >= 15 is 0 Å². The molecule has 2 saturated heterocycles. The molecule has 162 valence electrons. The first-order chi connectivity index (χ1) is 14.9. The zero-order valence-electron chi connectivity index (χ0n) is 16.8. The number of nitrogens with zero attached hydrogens (tertiary/aromatic N) is 2. The Morgan fingerprint density at radius 3 is 3.00 bits per heavy atom. The van der Waals surface area contributed by atoms with Crippen LogP contribution in [-0.2, 0) is 19.0 Å². The molecule has 4 heterocycles. The number of halogens is 1. The number of benzene rings is 1. The average Bonchev–Trinajstić information content (AvgIpc) is 3.41. The number of fused-ring (bicyclic) bond motifs is 2. The topological polar surface area (TPSA) is 91.8 Å². The van der Waals surface area contributed by atoms with Crippen molar-refractivity contribution in [1.82, 2.24) is 9.97 Å². The molecule has 3 aromatic rings. The summed E-state index contributed by atoms with van der Waals surface area (Å²) in [5.74, 6) is 0.882. The van der Waals surface area contributed by atoms with Gasteiger partial charge < -0.3 is 24.3 Å². The molecule has 0 radical (unpaired) electrons. The molecular weight excluding hydrogens is 442 g/mol. The Bertz CT molecular complexity index is 1140. The second kappa shape index (κ2) is 7.90. The van der Waals surface area contributed by atoms with E-state index in [-0.39, 0.29) is 24.8 Å². The fraction of sp³-hybridized carbons (Fsp3) is 0.381. The summed E-state index contributed by atoms with van der Waals surface area (Å²) in [6.45, 7) is 3.84. The molecule has 2 fully saturated rings. The van der Waals surface area contributed by atoms with Crippen molar-refractivity contribution < 1.29 is 23.7 Å². The van der Waals surface area contributed by atoms with Crippen LogP contribution in [0.15, 0.2) is 36.0 Å². The van der Waals surface area contributed by atoms with Crippen molar-refractivity contribution in [2.24, 2.45) is 0 Å². The standard InChI is InChI=1S/C21H20ClN3O5S/c1-11(26)29-17-9-27-19-16(8-28-21(17,19)2)30-15-4-3-12(7-13(15)22)25-20-18-14(5-6-31-18)23-10-24-20/h3-7,10,16-17,19H,8-9H2,1-2H3,(H,23,24,25)/t16-,17-,19+,21+/m0/s1. The third-order valence-electron chi connectivity index (χ3n) is 5.55. The highest BCUT2D eigenvalue weighted by molar-refractivity contribution is 7.17. The van der Waals surface area contributed by atoms with Gasteiger partial charge in [0.25, 0.3) is 0 Å². The van der Waals surface area contributed by atoms with Crippen LogP contribution < -0.4 is 10.1 Å². The highest BCUT2D eigenvalue weighted by Crippen LogP contribution is 2.41. The number of hydrogen-bond acceptors (Lipinski definition) is 9. The molecule has 1 N–H and O–H groups in total. The Balaban J connectivity index is 1.30. The van der Waals surface area contributed by atoms with Gasteiger partial charge in [-0.25, -0.2) is 9.97 Å². The molecule has 5 rings (SSSR count). The zero-order chi connectivity index (χ0) is 21.6. The van der Waals surface area contributed by atoms with Gasteiger partial charge >= 0.3 is 5.97 Å². The Morgan fingerprint density at radius 1 is 1.32 bits per heavy atom. The highest BCUT2D eigenvalue weighted by Gasteiger charge is 2.59. The second-order valence-corrected chi connectivity index (χ2v) is 8.95. The van der Waals surface area contributed by atoms with Crippen LogP contribution >= 0.6 is 22.9 Å². The number of rotatable bonds is 5. The van der Waals surface area contributed by atoms with Crippen molar-refractivity contribution in [3.8, 4) is 5.75 Å². The lowest BCUT2D eigenvalue weighted by atomic mass is 9.94. The van der Waals surface area contributed by atoms with Gasteiger partial charge in [0, 0.05) is 12.6 Å². The molecule has 2 aliphatic heterocycles. The van der Waals surface area contributed by atoms with Crippen LogP contribution in [0.2, 0.25) is 5.02 Å². The van der Waals surface area contributed by atoms with Gasteiger partial charge in [0.05, 0.1) is 28.5 Å². The Kier molecular flexibility index (Phi) is 5.21. The van der Waals surface area contributed by atoms with Crippen LogP contribution in [0.5, 0.6) is 5.75 Å². The van der Waals surface area contributed by atoms with E-state index in [1.54, 1.807) is 23.5 Å². The van der Waals surface area contributed by atoms with Gasteiger partial charge in [0.15, 0.2) is 18.0 Å². The summed E-state index contributed by atoms with van der Waals surface area (Å²) in [5, 5.41) is 5.71. The first-order valence-corrected chi connectivity index (χ1v) is 11.0. The molecule has 1 aromatic carbocycles. The predicted octanol–water partition coefficient (Wildman–Crippen LogP) is 3.96. The van der Waals surface area contributed by atoms with E-state index in [0.717, 1.165) is 21.7 Å². The van der Waals surface area contributed by atoms with Gasteiger partial charge in [-0.15, -0.1) is 11.3 Å². The summed E-state index contributed by atoms with van der Waals surface area (Å²) >= 11 is 8.07. The van der Waals surface area contributed by atoms with E-state index in [4.69, 9.17) is 30.5 Å². The number of thiophene rings is 1. The second-order valence-electron chi connectivity index (χ2n) is 7.63. The van der Waals surface area contributed by atoms with Gasteiger partial charge in [-0.2, -0.15) is 0 Å². The Morgan fingerprint density at radius 2 is 2.19 bits per heavy atom. The minimum Gasteiger partial charge on any atom is -0.484 e. The molecule has 0 bridgehead atoms. The molecular formula is C21H20ClN3O5S. The predicted molar refractivity (Wildman–Crippen MR) is 116 cm³/mol. The molecule has 2 aromatic heterocycles. The van der Waals surface area contributed by atoms with Crippen molar-refractivity contribution in [2.45, 2.75) is 37.8 Å². The molecule has 8 nitrogen and oxygen atoms in total. The number of esters is 1. The first kappa shape index (κ1) is 20.4. The van der Waals surface area contributed by atoms with E-state index < -0.39 is 11.7 Å². The number of carbonyl (C=O) groups is 1. The van der Waals surface area contributed by atoms with E-state index in [9.17, 15) is 4.79 Å². The molecule has 0 amide bonds. The summed E-state index contributed by atoms with van der Waals surface area (Å²) in [7, 11) is 0. The minimum atomic E-state index is -0.747. The average molecular weight is 462 g/mol. The highest BCUT2D eigenvalue weighted by atomic mass is 35.5. The lowest BCUT2D eigenvalue weighted by molar-refractivity contribution is -0.157. The van der Waals surface area contributed by atoms with E-state index in [2.05, 4.69) is 15.3 Å². The molecule has 0 saturated carbocycles. The third-order valence-corrected chi connectivity index (χ3v) is 6.76. The zero-order valence-corrected chi connectivity index (χ0v) is 18.4.